The second kappa shape index (κ2) is 14.4. The van der Waals surface area contributed by atoms with Crippen LogP contribution in [0.2, 0.25) is 0 Å². The maximum Gasteiger partial charge on any atom is 0.118 e. The predicted molar refractivity (Wildman–Crippen MR) is 198 cm³/mol. The summed E-state index contributed by atoms with van der Waals surface area (Å²) in [6.45, 7) is 6.65. The lowest BCUT2D eigenvalue weighted by molar-refractivity contribution is 0.414. The standard InChI is InChI=1S/C44H43NO2/c1-31-11-21-40(30-33(31)3)45(38-22-13-34(14-23-38)12-10-32(2)35-17-26-41(46-4)27-18-35)39-24-15-36(16-25-39)43-8-6-7-9-44(43)37-19-28-42(47-5)29-20-37/h6-9,11,13-30,32H,10,12H2,1-5H3. The summed E-state index contributed by atoms with van der Waals surface area (Å²) in [6.07, 6.45) is 2.12. The van der Waals surface area contributed by atoms with Crippen molar-refractivity contribution in [3.63, 3.8) is 0 Å². The summed E-state index contributed by atoms with van der Waals surface area (Å²) in [6, 6.07) is 50.1. The van der Waals surface area contributed by atoms with Crippen LogP contribution in [0.15, 0.2) is 140 Å². The van der Waals surface area contributed by atoms with Gasteiger partial charge in [-0.3, -0.25) is 0 Å². The van der Waals surface area contributed by atoms with Crippen LogP contribution >= 0.6 is 0 Å². The Bertz CT molecular complexity index is 1910. The van der Waals surface area contributed by atoms with E-state index >= 15 is 0 Å². The molecule has 6 aromatic carbocycles. The van der Waals surface area contributed by atoms with Crippen molar-refractivity contribution in [3.05, 3.63) is 162 Å². The van der Waals surface area contributed by atoms with Crippen LogP contribution in [0.1, 0.15) is 41.5 Å². The SMILES string of the molecule is COc1ccc(-c2ccccc2-c2ccc(N(c3ccc(CCC(C)c4ccc(OC)cc4)cc3)c3ccc(C)c(C)c3)cc2)cc1. The lowest BCUT2D eigenvalue weighted by Gasteiger charge is -2.27. The highest BCUT2D eigenvalue weighted by Gasteiger charge is 2.15. The van der Waals surface area contributed by atoms with Gasteiger partial charge in [-0.25, -0.2) is 0 Å². The smallest absolute Gasteiger partial charge is 0.118 e. The number of aryl methyl sites for hydroxylation is 3. The minimum Gasteiger partial charge on any atom is -0.497 e. The minimum atomic E-state index is 0.473. The highest BCUT2D eigenvalue weighted by molar-refractivity contribution is 5.85. The van der Waals surface area contributed by atoms with E-state index in [0.717, 1.165) is 41.4 Å². The molecule has 0 bridgehead atoms. The summed E-state index contributed by atoms with van der Waals surface area (Å²) in [5.74, 6) is 2.23. The molecule has 0 aromatic heterocycles. The summed E-state index contributed by atoms with van der Waals surface area (Å²) in [5.41, 5.74) is 13.4. The molecule has 47 heavy (non-hydrogen) atoms. The lowest BCUT2D eigenvalue weighted by Crippen LogP contribution is -2.10. The maximum atomic E-state index is 5.39. The minimum absolute atomic E-state index is 0.473. The predicted octanol–water partition coefficient (Wildman–Crippen LogP) is 11.9. The molecule has 0 spiro atoms. The molecule has 3 heteroatoms. The number of ether oxygens (including phenoxy) is 2. The van der Waals surface area contributed by atoms with E-state index in [1.54, 1.807) is 14.2 Å². The number of methoxy groups -OCH3 is 2. The van der Waals surface area contributed by atoms with Gasteiger partial charge < -0.3 is 14.4 Å². The molecule has 3 nitrogen and oxygen atoms in total. The third-order valence-corrected chi connectivity index (χ3v) is 9.26. The second-order valence-electron chi connectivity index (χ2n) is 12.3. The van der Waals surface area contributed by atoms with Gasteiger partial charge in [0.05, 0.1) is 14.2 Å². The van der Waals surface area contributed by atoms with Crippen LogP contribution in [-0.4, -0.2) is 14.2 Å². The third kappa shape index (κ3) is 7.26. The van der Waals surface area contributed by atoms with Crippen LogP contribution in [0, 0.1) is 13.8 Å². The van der Waals surface area contributed by atoms with Gasteiger partial charge in [0.15, 0.2) is 0 Å². The summed E-state index contributed by atoms with van der Waals surface area (Å²) in [5, 5.41) is 0. The van der Waals surface area contributed by atoms with Crippen molar-refractivity contribution < 1.29 is 9.47 Å². The van der Waals surface area contributed by atoms with E-state index in [2.05, 4.69) is 141 Å². The molecule has 236 valence electrons. The van der Waals surface area contributed by atoms with Crippen LogP contribution in [0.5, 0.6) is 11.5 Å². The Hall–Kier alpha value is -5.28. The molecule has 0 aliphatic carbocycles. The quantitative estimate of drug-likeness (QED) is 0.144. The molecule has 0 amide bonds. The summed E-state index contributed by atoms with van der Waals surface area (Å²) < 4.78 is 10.7. The fourth-order valence-corrected chi connectivity index (χ4v) is 6.15. The monoisotopic (exact) mass is 617 g/mol. The van der Waals surface area contributed by atoms with Crippen LogP contribution in [0.4, 0.5) is 17.1 Å². The van der Waals surface area contributed by atoms with Gasteiger partial charge in [-0.1, -0.05) is 85.8 Å². The normalized spacial score (nSPS) is 11.6. The molecule has 0 saturated heterocycles. The zero-order valence-corrected chi connectivity index (χ0v) is 28.0. The molecule has 0 heterocycles. The number of benzene rings is 6. The van der Waals surface area contributed by atoms with Crippen molar-refractivity contribution in [3.8, 4) is 33.8 Å². The number of rotatable bonds is 11. The molecule has 0 saturated carbocycles. The van der Waals surface area contributed by atoms with Crippen LogP contribution in [-0.2, 0) is 6.42 Å². The van der Waals surface area contributed by atoms with E-state index in [1.807, 2.05) is 24.3 Å². The van der Waals surface area contributed by atoms with Crippen molar-refractivity contribution >= 4 is 17.1 Å². The first kappa shape index (κ1) is 31.7. The summed E-state index contributed by atoms with van der Waals surface area (Å²) in [7, 11) is 3.41. The van der Waals surface area contributed by atoms with E-state index in [9.17, 15) is 0 Å². The zero-order valence-electron chi connectivity index (χ0n) is 28.0. The topological polar surface area (TPSA) is 21.7 Å². The average Bonchev–Trinajstić information content (AvgIpc) is 3.13. The van der Waals surface area contributed by atoms with Gasteiger partial charge >= 0.3 is 0 Å². The third-order valence-electron chi connectivity index (χ3n) is 9.26. The van der Waals surface area contributed by atoms with Gasteiger partial charge in [0, 0.05) is 17.1 Å². The molecule has 1 unspecified atom stereocenters. The Kier molecular flexibility index (Phi) is 9.73. The summed E-state index contributed by atoms with van der Waals surface area (Å²) in [4.78, 5) is 2.36. The van der Waals surface area contributed by atoms with Crippen molar-refractivity contribution in [2.24, 2.45) is 0 Å². The number of hydrogen-bond donors (Lipinski definition) is 0. The Labute approximate surface area is 280 Å². The molecule has 0 radical (unpaired) electrons. The molecule has 0 aliphatic heterocycles. The van der Waals surface area contributed by atoms with Crippen molar-refractivity contribution in [1.29, 1.82) is 0 Å². The maximum absolute atomic E-state index is 5.39. The van der Waals surface area contributed by atoms with Crippen molar-refractivity contribution in [2.45, 2.75) is 39.5 Å². The van der Waals surface area contributed by atoms with Crippen LogP contribution < -0.4 is 14.4 Å². The van der Waals surface area contributed by atoms with E-state index in [-0.39, 0.29) is 0 Å². The number of hydrogen-bond acceptors (Lipinski definition) is 3. The fourth-order valence-electron chi connectivity index (χ4n) is 6.15. The first-order chi connectivity index (χ1) is 22.9. The highest BCUT2D eigenvalue weighted by Crippen LogP contribution is 2.38. The highest BCUT2D eigenvalue weighted by atomic mass is 16.5. The van der Waals surface area contributed by atoms with Gasteiger partial charge in [-0.2, -0.15) is 0 Å². The Morgan fingerprint density at radius 3 is 1.55 bits per heavy atom. The molecule has 6 aromatic rings. The molecule has 0 fully saturated rings. The molecular formula is C44H43NO2. The summed E-state index contributed by atoms with van der Waals surface area (Å²) >= 11 is 0. The Morgan fingerprint density at radius 2 is 1.02 bits per heavy atom. The van der Waals surface area contributed by atoms with Gasteiger partial charge in [0.25, 0.3) is 0 Å². The van der Waals surface area contributed by atoms with Gasteiger partial charge in [0.1, 0.15) is 11.5 Å². The number of nitrogens with zero attached hydrogens (tertiary/aromatic N) is 1. The first-order valence-corrected chi connectivity index (χ1v) is 16.4. The molecular weight excluding hydrogens is 574 g/mol. The van der Waals surface area contributed by atoms with Gasteiger partial charge in [0.2, 0.25) is 0 Å². The fraction of sp³-hybridized carbons (Fsp3) is 0.182. The van der Waals surface area contributed by atoms with E-state index in [1.165, 1.54) is 44.5 Å². The van der Waals surface area contributed by atoms with Crippen molar-refractivity contribution in [1.82, 2.24) is 0 Å². The van der Waals surface area contributed by atoms with E-state index in [0.29, 0.717) is 5.92 Å². The molecule has 6 rings (SSSR count). The van der Waals surface area contributed by atoms with Crippen LogP contribution in [0.25, 0.3) is 22.3 Å². The van der Waals surface area contributed by atoms with Crippen LogP contribution in [0.3, 0.4) is 0 Å². The molecule has 1 atom stereocenters. The Morgan fingerprint density at radius 1 is 0.532 bits per heavy atom. The zero-order chi connectivity index (χ0) is 32.8. The number of anilines is 3. The Balaban J connectivity index is 1.27. The van der Waals surface area contributed by atoms with E-state index in [4.69, 9.17) is 9.47 Å². The largest absolute Gasteiger partial charge is 0.497 e. The second-order valence-corrected chi connectivity index (χ2v) is 12.3. The molecule has 0 N–H and O–H groups in total. The lowest BCUT2D eigenvalue weighted by atomic mass is 9.94. The first-order valence-electron chi connectivity index (χ1n) is 16.4. The van der Waals surface area contributed by atoms with Gasteiger partial charge in [-0.15, -0.1) is 0 Å². The van der Waals surface area contributed by atoms with Gasteiger partial charge in [-0.05, 0) is 138 Å². The van der Waals surface area contributed by atoms with Crippen molar-refractivity contribution in [2.75, 3.05) is 19.1 Å². The van der Waals surface area contributed by atoms with E-state index < -0.39 is 0 Å². The molecule has 0 aliphatic rings. The average molecular weight is 618 g/mol.